The molecule has 5 heteroatoms. The van der Waals surface area contributed by atoms with Gasteiger partial charge in [-0.2, -0.15) is 0 Å². The zero-order valence-corrected chi connectivity index (χ0v) is 25.7. The van der Waals surface area contributed by atoms with Gasteiger partial charge in [-0.25, -0.2) is 15.0 Å². The Bertz CT molecular complexity index is 2830. The molecular formula is C43H26N4O. The molecule has 48 heavy (non-hydrogen) atoms. The normalized spacial score (nSPS) is 11.8. The molecule has 0 spiro atoms. The van der Waals surface area contributed by atoms with Gasteiger partial charge in [0.15, 0.2) is 17.5 Å². The maximum absolute atomic E-state index is 6.53. The lowest BCUT2D eigenvalue weighted by Gasteiger charge is -2.11. The van der Waals surface area contributed by atoms with E-state index in [4.69, 9.17) is 19.4 Å². The predicted octanol–water partition coefficient (Wildman–Crippen LogP) is 11.0. The standard InChI is InChI=1S/C43H26N4O/c1-2-11-28(12-3-1)41-44-42(46-43(45-41)31-21-20-27-10-4-5-13-30(27)26-31)29-22-24-32(25-23-29)47-35-16-8-15-34-33-14-6-7-18-37(33)48-38-19-9-17-36(47)40(38)39(34)35/h1-26H. The summed E-state index contributed by atoms with van der Waals surface area (Å²) in [7, 11) is 0. The lowest BCUT2D eigenvalue weighted by molar-refractivity contribution is 0.664. The number of nitrogens with zero attached hydrogens (tertiary/aromatic N) is 4. The lowest BCUT2D eigenvalue weighted by atomic mass is 10.1. The summed E-state index contributed by atoms with van der Waals surface area (Å²) in [5, 5.41) is 6.91. The molecule has 224 valence electrons. The third-order valence-electron chi connectivity index (χ3n) is 9.23. The van der Waals surface area contributed by atoms with Crippen LogP contribution in [0.4, 0.5) is 0 Å². The molecule has 3 heterocycles. The zero-order valence-electron chi connectivity index (χ0n) is 25.7. The van der Waals surface area contributed by atoms with Crippen molar-refractivity contribution < 1.29 is 4.42 Å². The van der Waals surface area contributed by atoms with Crippen LogP contribution in [0.25, 0.3) is 94.4 Å². The molecule has 0 saturated heterocycles. The highest BCUT2D eigenvalue weighted by Gasteiger charge is 2.19. The maximum Gasteiger partial charge on any atom is 0.164 e. The number of benzene rings is 7. The quantitative estimate of drug-likeness (QED) is 0.198. The Hall–Kier alpha value is -6.59. The minimum Gasteiger partial charge on any atom is -0.456 e. The average molecular weight is 615 g/mol. The van der Waals surface area contributed by atoms with Crippen LogP contribution in [0.1, 0.15) is 0 Å². The van der Waals surface area contributed by atoms with Crippen LogP contribution in [-0.4, -0.2) is 19.5 Å². The van der Waals surface area contributed by atoms with Crippen LogP contribution in [0.5, 0.6) is 0 Å². The minimum absolute atomic E-state index is 0.629. The Morgan fingerprint density at radius 3 is 1.79 bits per heavy atom. The molecule has 0 fully saturated rings. The summed E-state index contributed by atoms with van der Waals surface area (Å²) in [4.78, 5) is 14.9. The molecule has 0 aliphatic carbocycles. The average Bonchev–Trinajstić information content (AvgIpc) is 3.42. The van der Waals surface area contributed by atoms with E-state index in [2.05, 4.69) is 120 Å². The fraction of sp³-hybridized carbons (Fsp3) is 0. The highest BCUT2D eigenvalue weighted by molar-refractivity contribution is 6.26. The van der Waals surface area contributed by atoms with Crippen molar-refractivity contribution in [2.24, 2.45) is 0 Å². The molecule has 0 radical (unpaired) electrons. The first-order valence-electron chi connectivity index (χ1n) is 16.0. The van der Waals surface area contributed by atoms with Crippen LogP contribution < -0.4 is 0 Å². The van der Waals surface area contributed by atoms with E-state index in [9.17, 15) is 0 Å². The molecule has 0 aliphatic heterocycles. The molecule has 0 unspecified atom stereocenters. The summed E-state index contributed by atoms with van der Waals surface area (Å²) in [6, 6.07) is 54.4. The van der Waals surface area contributed by atoms with Gasteiger partial charge in [0.1, 0.15) is 11.2 Å². The molecule has 0 atom stereocenters. The van der Waals surface area contributed by atoms with E-state index in [0.29, 0.717) is 17.5 Å². The summed E-state index contributed by atoms with van der Waals surface area (Å²) >= 11 is 0. The van der Waals surface area contributed by atoms with Crippen molar-refractivity contribution in [3.8, 4) is 39.9 Å². The van der Waals surface area contributed by atoms with Crippen molar-refractivity contribution >= 4 is 54.5 Å². The van der Waals surface area contributed by atoms with Crippen molar-refractivity contribution in [2.75, 3.05) is 0 Å². The SMILES string of the molecule is c1ccc(-c2nc(-c3ccc(-n4c5cccc6oc7ccccc7c7cccc4c7c65)cc3)nc(-c3ccc4ccccc4c3)n2)cc1. The van der Waals surface area contributed by atoms with E-state index in [1.54, 1.807) is 0 Å². The van der Waals surface area contributed by atoms with Gasteiger partial charge >= 0.3 is 0 Å². The lowest BCUT2D eigenvalue weighted by Crippen LogP contribution is -2.00. The molecule has 10 aromatic rings. The molecule has 7 aromatic carbocycles. The number of hydrogen-bond donors (Lipinski definition) is 0. The summed E-state index contributed by atoms with van der Waals surface area (Å²) < 4.78 is 8.85. The van der Waals surface area contributed by atoms with Crippen molar-refractivity contribution in [2.45, 2.75) is 0 Å². The van der Waals surface area contributed by atoms with Crippen LogP contribution >= 0.6 is 0 Å². The smallest absolute Gasteiger partial charge is 0.164 e. The first kappa shape index (κ1) is 26.6. The highest BCUT2D eigenvalue weighted by Crippen LogP contribution is 2.41. The van der Waals surface area contributed by atoms with Crippen LogP contribution in [0, 0.1) is 0 Å². The van der Waals surface area contributed by atoms with Gasteiger partial charge in [-0.05, 0) is 70.8 Å². The number of rotatable bonds is 4. The Labute approximate surface area is 275 Å². The van der Waals surface area contributed by atoms with Crippen LogP contribution in [0.15, 0.2) is 162 Å². The summed E-state index contributed by atoms with van der Waals surface area (Å²) in [5.41, 5.74) is 7.84. The Balaban J connectivity index is 1.15. The summed E-state index contributed by atoms with van der Waals surface area (Å²) in [5.74, 6) is 1.92. The molecule has 5 nitrogen and oxygen atoms in total. The van der Waals surface area contributed by atoms with Crippen molar-refractivity contribution in [3.63, 3.8) is 0 Å². The number of aromatic nitrogens is 4. The molecule has 0 N–H and O–H groups in total. The zero-order chi connectivity index (χ0) is 31.6. The molecule has 0 aliphatic rings. The monoisotopic (exact) mass is 614 g/mol. The number of para-hydroxylation sites is 1. The second-order valence-corrected chi connectivity index (χ2v) is 12.1. The van der Waals surface area contributed by atoms with Gasteiger partial charge in [0, 0.05) is 33.2 Å². The van der Waals surface area contributed by atoms with E-state index < -0.39 is 0 Å². The number of fused-ring (bicyclic) bond motifs is 3. The maximum atomic E-state index is 6.53. The van der Waals surface area contributed by atoms with E-state index in [0.717, 1.165) is 60.7 Å². The van der Waals surface area contributed by atoms with Gasteiger partial charge in [-0.15, -0.1) is 0 Å². The van der Waals surface area contributed by atoms with Gasteiger partial charge in [0.25, 0.3) is 0 Å². The predicted molar refractivity (Wildman–Crippen MR) is 195 cm³/mol. The molecular weight excluding hydrogens is 589 g/mol. The Kier molecular flexibility index (Phi) is 5.81. The van der Waals surface area contributed by atoms with E-state index in [1.807, 2.05) is 42.5 Å². The van der Waals surface area contributed by atoms with Gasteiger partial charge in [0.2, 0.25) is 0 Å². The van der Waals surface area contributed by atoms with Crippen LogP contribution in [0.2, 0.25) is 0 Å². The largest absolute Gasteiger partial charge is 0.456 e. The molecule has 10 rings (SSSR count). The summed E-state index contributed by atoms with van der Waals surface area (Å²) in [6.45, 7) is 0. The Morgan fingerprint density at radius 2 is 0.979 bits per heavy atom. The van der Waals surface area contributed by atoms with Crippen molar-refractivity contribution in [3.05, 3.63) is 158 Å². The van der Waals surface area contributed by atoms with Gasteiger partial charge in [0.05, 0.1) is 16.4 Å². The topological polar surface area (TPSA) is 56.7 Å². The van der Waals surface area contributed by atoms with Crippen molar-refractivity contribution in [1.29, 1.82) is 0 Å². The minimum atomic E-state index is 0.629. The first-order valence-corrected chi connectivity index (χ1v) is 16.0. The second kappa shape index (κ2) is 10.5. The van der Waals surface area contributed by atoms with Gasteiger partial charge in [-0.3, -0.25) is 0 Å². The van der Waals surface area contributed by atoms with Crippen LogP contribution in [-0.2, 0) is 0 Å². The second-order valence-electron chi connectivity index (χ2n) is 12.1. The van der Waals surface area contributed by atoms with E-state index in [-0.39, 0.29) is 0 Å². The molecule has 0 amide bonds. The highest BCUT2D eigenvalue weighted by atomic mass is 16.3. The molecule has 0 bridgehead atoms. The first-order chi connectivity index (χ1) is 23.8. The van der Waals surface area contributed by atoms with E-state index >= 15 is 0 Å². The van der Waals surface area contributed by atoms with Crippen molar-refractivity contribution in [1.82, 2.24) is 19.5 Å². The fourth-order valence-corrected chi connectivity index (χ4v) is 7.00. The van der Waals surface area contributed by atoms with Gasteiger partial charge in [-0.1, -0.05) is 103 Å². The third-order valence-corrected chi connectivity index (χ3v) is 9.23. The third kappa shape index (κ3) is 4.15. The molecule has 0 saturated carbocycles. The Morgan fingerprint density at radius 1 is 0.396 bits per heavy atom. The fourth-order valence-electron chi connectivity index (χ4n) is 7.00. The molecule has 3 aromatic heterocycles. The number of hydrogen-bond acceptors (Lipinski definition) is 4. The van der Waals surface area contributed by atoms with Gasteiger partial charge < -0.3 is 8.98 Å². The van der Waals surface area contributed by atoms with E-state index in [1.165, 1.54) is 16.2 Å². The van der Waals surface area contributed by atoms with Crippen LogP contribution in [0.3, 0.4) is 0 Å². The summed E-state index contributed by atoms with van der Waals surface area (Å²) in [6.07, 6.45) is 0.